The van der Waals surface area contributed by atoms with Gasteiger partial charge in [-0.25, -0.2) is 0 Å². The normalized spacial score (nSPS) is 20.4. The van der Waals surface area contributed by atoms with Gasteiger partial charge in [-0.05, 0) is 57.5 Å². The molecule has 0 saturated carbocycles. The van der Waals surface area contributed by atoms with E-state index in [2.05, 4.69) is 4.90 Å². The molecule has 0 spiro atoms. The fraction of sp³-hybridized carbons (Fsp3) is 0.565. The maximum Gasteiger partial charge on any atom is 0.290 e. The Labute approximate surface area is 173 Å². The largest absolute Gasteiger partial charge is 0.503 e. The van der Waals surface area contributed by atoms with Gasteiger partial charge >= 0.3 is 0 Å². The number of hydrogen-bond acceptors (Lipinski definition) is 5. The predicted octanol–water partition coefficient (Wildman–Crippen LogP) is 3.49. The SMILES string of the molecule is CC(C)Oc1ccc(C2C(C(=O)C(C)C)=C(O)C(=O)N2CCN2CCCC2)cc1. The van der Waals surface area contributed by atoms with E-state index in [9.17, 15) is 14.7 Å². The first kappa shape index (κ1) is 21.4. The van der Waals surface area contributed by atoms with E-state index in [1.165, 1.54) is 12.8 Å². The molecule has 2 aliphatic heterocycles. The molecule has 0 aromatic heterocycles. The number of ether oxygens (including phenoxy) is 1. The summed E-state index contributed by atoms with van der Waals surface area (Å²) in [7, 11) is 0. The number of aliphatic hydroxyl groups excluding tert-OH is 1. The first-order valence-corrected chi connectivity index (χ1v) is 10.6. The average molecular weight is 401 g/mol. The molecule has 1 amide bonds. The topological polar surface area (TPSA) is 70.1 Å². The second-order valence-electron chi connectivity index (χ2n) is 8.47. The monoisotopic (exact) mass is 400 g/mol. The Morgan fingerprint density at radius 3 is 2.28 bits per heavy atom. The van der Waals surface area contributed by atoms with Gasteiger partial charge in [0.25, 0.3) is 5.91 Å². The van der Waals surface area contributed by atoms with Crippen molar-refractivity contribution in [1.82, 2.24) is 9.80 Å². The lowest BCUT2D eigenvalue weighted by atomic mass is 9.91. The lowest BCUT2D eigenvalue weighted by Crippen LogP contribution is -2.38. The van der Waals surface area contributed by atoms with Crippen molar-refractivity contribution >= 4 is 11.7 Å². The average Bonchev–Trinajstić information content (AvgIpc) is 3.27. The second kappa shape index (κ2) is 8.99. The van der Waals surface area contributed by atoms with Gasteiger partial charge in [-0.3, -0.25) is 9.59 Å². The number of rotatable bonds is 8. The molecule has 29 heavy (non-hydrogen) atoms. The van der Waals surface area contributed by atoms with Gasteiger partial charge in [0.1, 0.15) is 5.75 Å². The maximum absolute atomic E-state index is 12.9. The number of nitrogens with zero attached hydrogens (tertiary/aromatic N) is 2. The van der Waals surface area contributed by atoms with Gasteiger partial charge in [0.2, 0.25) is 0 Å². The van der Waals surface area contributed by atoms with E-state index >= 15 is 0 Å². The Bertz CT molecular complexity index is 777. The highest BCUT2D eigenvalue weighted by atomic mass is 16.5. The molecule has 1 unspecified atom stereocenters. The Hall–Kier alpha value is -2.34. The van der Waals surface area contributed by atoms with Crippen LogP contribution in [0.15, 0.2) is 35.6 Å². The summed E-state index contributed by atoms with van der Waals surface area (Å²) in [5, 5.41) is 10.6. The number of hydrogen-bond donors (Lipinski definition) is 1. The van der Waals surface area contributed by atoms with E-state index in [-0.39, 0.29) is 23.4 Å². The molecule has 1 atom stereocenters. The van der Waals surface area contributed by atoms with Crippen LogP contribution in [0.5, 0.6) is 5.75 Å². The number of likely N-dealkylation sites (tertiary alicyclic amines) is 1. The zero-order valence-electron chi connectivity index (χ0n) is 17.9. The molecule has 3 rings (SSSR count). The third kappa shape index (κ3) is 4.64. The molecule has 6 nitrogen and oxygen atoms in total. The lowest BCUT2D eigenvalue weighted by molar-refractivity contribution is -0.129. The van der Waals surface area contributed by atoms with Crippen LogP contribution in [-0.2, 0) is 9.59 Å². The fourth-order valence-corrected chi connectivity index (χ4v) is 4.05. The molecule has 0 bridgehead atoms. The lowest BCUT2D eigenvalue weighted by Gasteiger charge is -2.29. The molecule has 158 valence electrons. The summed E-state index contributed by atoms with van der Waals surface area (Å²) in [4.78, 5) is 29.7. The molecule has 1 aromatic rings. The standard InChI is InChI=1S/C23H32N2O4/c1-15(2)21(26)19-20(17-7-9-18(10-8-17)29-16(3)4)25(23(28)22(19)27)14-13-24-11-5-6-12-24/h7-10,15-16,20,27H,5-6,11-14H2,1-4H3. The minimum atomic E-state index is -0.562. The van der Waals surface area contributed by atoms with E-state index in [1.54, 1.807) is 18.7 Å². The minimum absolute atomic E-state index is 0.0629. The van der Waals surface area contributed by atoms with Crippen LogP contribution < -0.4 is 4.74 Å². The quantitative estimate of drug-likeness (QED) is 0.723. The van der Waals surface area contributed by atoms with Crippen LogP contribution >= 0.6 is 0 Å². The number of aliphatic hydroxyl groups is 1. The van der Waals surface area contributed by atoms with E-state index in [4.69, 9.17) is 4.74 Å². The summed E-state index contributed by atoms with van der Waals surface area (Å²) in [5.74, 6) is -0.614. The number of carbonyl (C=O) groups is 2. The van der Waals surface area contributed by atoms with E-state index in [0.717, 1.165) is 30.9 Å². The van der Waals surface area contributed by atoms with E-state index in [1.807, 2.05) is 38.1 Å². The van der Waals surface area contributed by atoms with Crippen molar-refractivity contribution < 1.29 is 19.4 Å². The van der Waals surface area contributed by atoms with Crippen LogP contribution in [0.4, 0.5) is 0 Å². The van der Waals surface area contributed by atoms with Crippen LogP contribution in [0.2, 0.25) is 0 Å². The van der Waals surface area contributed by atoms with Gasteiger partial charge in [-0.1, -0.05) is 26.0 Å². The summed E-state index contributed by atoms with van der Waals surface area (Å²) in [5.41, 5.74) is 1.02. The summed E-state index contributed by atoms with van der Waals surface area (Å²) in [6.45, 7) is 10.8. The summed E-state index contributed by atoms with van der Waals surface area (Å²) < 4.78 is 5.71. The molecular weight excluding hydrogens is 368 g/mol. The third-order valence-corrected chi connectivity index (χ3v) is 5.52. The molecule has 1 aromatic carbocycles. The molecule has 2 heterocycles. The zero-order valence-corrected chi connectivity index (χ0v) is 17.9. The Morgan fingerprint density at radius 2 is 1.72 bits per heavy atom. The van der Waals surface area contributed by atoms with Crippen LogP contribution in [0.25, 0.3) is 0 Å². The highest BCUT2D eigenvalue weighted by Crippen LogP contribution is 2.39. The Balaban J connectivity index is 1.90. The van der Waals surface area contributed by atoms with Crippen LogP contribution in [-0.4, -0.2) is 58.9 Å². The molecule has 1 fully saturated rings. The third-order valence-electron chi connectivity index (χ3n) is 5.52. The number of amides is 1. The smallest absolute Gasteiger partial charge is 0.290 e. The van der Waals surface area contributed by atoms with Crippen molar-refractivity contribution in [1.29, 1.82) is 0 Å². The van der Waals surface area contributed by atoms with Crippen molar-refractivity contribution in [2.45, 2.75) is 52.7 Å². The van der Waals surface area contributed by atoms with Crippen LogP contribution in [0.3, 0.4) is 0 Å². The summed E-state index contributed by atoms with van der Waals surface area (Å²) >= 11 is 0. The molecule has 2 aliphatic rings. The van der Waals surface area contributed by atoms with Crippen LogP contribution in [0, 0.1) is 5.92 Å². The number of carbonyl (C=O) groups excluding carboxylic acids is 2. The summed E-state index contributed by atoms with van der Waals surface area (Å²) in [6.07, 6.45) is 2.41. The molecular formula is C23H32N2O4. The number of benzene rings is 1. The van der Waals surface area contributed by atoms with Gasteiger partial charge in [0, 0.05) is 19.0 Å². The van der Waals surface area contributed by atoms with Crippen molar-refractivity contribution in [3.8, 4) is 5.75 Å². The predicted molar refractivity (Wildman–Crippen MR) is 112 cm³/mol. The molecule has 0 aliphatic carbocycles. The van der Waals surface area contributed by atoms with Gasteiger partial charge < -0.3 is 19.6 Å². The Morgan fingerprint density at radius 1 is 1.10 bits per heavy atom. The van der Waals surface area contributed by atoms with Gasteiger partial charge in [-0.2, -0.15) is 0 Å². The highest BCUT2D eigenvalue weighted by Gasteiger charge is 2.43. The van der Waals surface area contributed by atoms with Gasteiger partial charge in [0.05, 0.1) is 17.7 Å². The summed E-state index contributed by atoms with van der Waals surface area (Å²) in [6, 6.07) is 6.90. The fourth-order valence-electron chi connectivity index (χ4n) is 4.05. The Kier molecular flexibility index (Phi) is 6.63. The van der Waals surface area contributed by atoms with Gasteiger partial charge in [0.15, 0.2) is 11.5 Å². The van der Waals surface area contributed by atoms with Crippen LogP contribution in [0.1, 0.15) is 52.1 Å². The number of Topliss-reactive ketones (excluding diaryl/α,β-unsaturated/α-hetero) is 1. The van der Waals surface area contributed by atoms with Gasteiger partial charge in [-0.15, -0.1) is 0 Å². The van der Waals surface area contributed by atoms with Crippen molar-refractivity contribution in [3.63, 3.8) is 0 Å². The molecule has 1 saturated heterocycles. The van der Waals surface area contributed by atoms with Crippen molar-refractivity contribution in [3.05, 3.63) is 41.2 Å². The first-order chi connectivity index (χ1) is 13.8. The van der Waals surface area contributed by atoms with Crippen molar-refractivity contribution in [2.24, 2.45) is 5.92 Å². The van der Waals surface area contributed by atoms with E-state index < -0.39 is 17.7 Å². The minimum Gasteiger partial charge on any atom is -0.503 e. The molecule has 6 heteroatoms. The first-order valence-electron chi connectivity index (χ1n) is 10.6. The number of ketones is 1. The second-order valence-corrected chi connectivity index (χ2v) is 8.47. The molecule has 1 N–H and O–H groups in total. The maximum atomic E-state index is 12.9. The van der Waals surface area contributed by atoms with Crippen molar-refractivity contribution in [2.75, 3.05) is 26.2 Å². The highest BCUT2D eigenvalue weighted by molar-refractivity contribution is 6.09. The van der Waals surface area contributed by atoms with E-state index in [0.29, 0.717) is 6.54 Å². The molecule has 0 radical (unpaired) electrons. The zero-order chi connectivity index (χ0) is 21.1.